The van der Waals surface area contributed by atoms with Crippen molar-refractivity contribution in [1.29, 1.82) is 0 Å². The molecule has 2 aromatic rings. The number of carbonyl (C=O) groups is 1. The summed E-state index contributed by atoms with van der Waals surface area (Å²) in [5.74, 6) is 0.0335. The predicted octanol–water partition coefficient (Wildman–Crippen LogP) is 4.54. The van der Waals surface area contributed by atoms with Gasteiger partial charge < -0.3 is 10.5 Å². The highest BCUT2D eigenvalue weighted by atomic mass is 16.6. The number of amides is 1. The molecule has 154 valence electrons. The third-order valence-corrected chi connectivity index (χ3v) is 5.62. The topological polar surface area (TPSA) is 112 Å². The van der Waals surface area contributed by atoms with Crippen molar-refractivity contribution in [2.45, 2.75) is 32.6 Å². The van der Waals surface area contributed by atoms with Gasteiger partial charge in [0, 0.05) is 40.6 Å². The summed E-state index contributed by atoms with van der Waals surface area (Å²) in [5, 5.41) is 11.3. The largest absolute Gasteiger partial charge is 0.452 e. The lowest BCUT2D eigenvalue weighted by molar-refractivity contribution is -0.384. The van der Waals surface area contributed by atoms with Crippen LogP contribution in [0.2, 0.25) is 0 Å². The first-order valence-electron chi connectivity index (χ1n) is 9.62. The first-order chi connectivity index (χ1) is 14.3. The number of methoxy groups -OCH3 is 1. The molecule has 0 bridgehead atoms. The Morgan fingerprint density at radius 3 is 2.80 bits per heavy atom. The average molecular weight is 406 g/mol. The van der Waals surface area contributed by atoms with Gasteiger partial charge in [0.05, 0.1) is 17.7 Å². The van der Waals surface area contributed by atoms with Gasteiger partial charge in [0.2, 0.25) is 0 Å². The summed E-state index contributed by atoms with van der Waals surface area (Å²) in [6.45, 7) is 3.82. The van der Waals surface area contributed by atoms with Crippen LogP contribution in [-0.2, 0) is 11.2 Å². The van der Waals surface area contributed by atoms with Gasteiger partial charge in [0.15, 0.2) is 0 Å². The van der Waals surface area contributed by atoms with Crippen molar-refractivity contribution in [3.63, 3.8) is 0 Å². The summed E-state index contributed by atoms with van der Waals surface area (Å²) in [6, 6.07) is 6.46. The maximum absolute atomic E-state index is 12.5. The molecular formula is C22H22N4O4. The molecule has 1 unspecified atom stereocenters. The fraction of sp³-hybridized carbons (Fsp3) is 0.273. The summed E-state index contributed by atoms with van der Waals surface area (Å²) in [5.41, 5.74) is 12.1. The number of hydrogen-bond donors (Lipinski definition) is 1. The molecule has 0 saturated carbocycles. The smallest absolute Gasteiger partial charge is 0.419 e. The molecule has 2 N–H and O–H groups in total. The lowest BCUT2D eigenvalue weighted by Crippen LogP contribution is -2.35. The fourth-order valence-electron chi connectivity index (χ4n) is 4.13. The van der Waals surface area contributed by atoms with Crippen molar-refractivity contribution in [2.24, 2.45) is 0 Å². The minimum Gasteiger partial charge on any atom is -0.452 e. The summed E-state index contributed by atoms with van der Waals surface area (Å²) in [7, 11) is 1.31. The van der Waals surface area contributed by atoms with E-state index in [0.29, 0.717) is 28.3 Å². The Bertz CT molecular complexity index is 1140. The van der Waals surface area contributed by atoms with Crippen molar-refractivity contribution in [1.82, 2.24) is 4.98 Å². The predicted molar refractivity (Wildman–Crippen MR) is 114 cm³/mol. The standard InChI is InChI=1S/C22H22N4O4/c1-12-7-8-16-18(9-12)24-21-19(20(16)23)17(10-13(2)25(21)22(27)30-3)14-5-4-6-15(11-14)26(28)29/h4-6,9-11,17H,7-8H2,1-3H3,(H2,23,24). The van der Waals surface area contributed by atoms with E-state index in [-0.39, 0.29) is 11.6 Å². The molecule has 2 aliphatic rings. The molecule has 1 aromatic carbocycles. The number of ether oxygens (including phenoxy) is 1. The number of benzene rings is 1. The van der Waals surface area contributed by atoms with Gasteiger partial charge in [-0.15, -0.1) is 0 Å². The van der Waals surface area contributed by atoms with Gasteiger partial charge in [0.1, 0.15) is 5.82 Å². The number of anilines is 2. The van der Waals surface area contributed by atoms with E-state index in [4.69, 9.17) is 15.5 Å². The fourth-order valence-corrected chi connectivity index (χ4v) is 4.13. The van der Waals surface area contributed by atoms with Gasteiger partial charge in [-0.1, -0.05) is 23.8 Å². The van der Waals surface area contributed by atoms with Gasteiger partial charge in [-0.3, -0.25) is 10.1 Å². The molecule has 1 atom stereocenters. The molecule has 1 aliphatic carbocycles. The van der Waals surface area contributed by atoms with E-state index >= 15 is 0 Å². The number of hydrogen-bond acceptors (Lipinski definition) is 6. The maximum atomic E-state index is 12.5. The van der Waals surface area contributed by atoms with Crippen LogP contribution in [0.25, 0.3) is 6.08 Å². The van der Waals surface area contributed by atoms with E-state index in [1.807, 2.05) is 25.1 Å². The first kappa shape index (κ1) is 19.6. The van der Waals surface area contributed by atoms with E-state index in [1.165, 1.54) is 29.7 Å². The second kappa shape index (κ2) is 7.29. The number of allylic oxidation sites excluding steroid dienone is 3. The summed E-state index contributed by atoms with van der Waals surface area (Å²) in [4.78, 5) is 29.6. The van der Waals surface area contributed by atoms with Crippen LogP contribution in [0.1, 0.15) is 48.6 Å². The van der Waals surface area contributed by atoms with Crippen molar-refractivity contribution < 1.29 is 14.5 Å². The molecular weight excluding hydrogens is 384 g/mol. The van der Waals surface area contributed by atoms with E-state index in [0.717, 1.165) is 24.1 Å². The molecule has 0 radical (unpaired) electrons. The van der Waals surface area contributed by atoms with Gasteiger partial charge in [-0.05, 0) is 38.3 Å². The molecule has 1 aromatic heterocycles. The van der Waals surface area contributed by atoms with E-state index in [1.54, 1.807) is 13.0 Å². The Kier molecular flexibility index (Phi) is 4.77. The second-order valence-electron chi connectivity index (χ2n) is 7.56. The average Bonchev–Trinajstić information content (AvgIpc) is 2.72. The van der Waals surface area contributed by atoms with Crippen LogP contribution in [-0.4, -0.2) is 23.1 Å². The van der Waals surface area contributed by atoms with E-state index < -0.39 is 11.0 Å². The Morgan fingerprint density at radius 1 is 1.33 bits per heavy atom. The highest BCUT2D eigenvalue weighted by Crippen LogP contribution is 2.46. The zero-order chi connectivity index (χ0) is 21.6. The number of nitrogens with two attached hydrogens (primary N) is 1. The number of fused-ring (bicyclic) bond motifs is 2. The second-order valence-corrected chi connectivity index (χ2v) is 7.56. The summed E-state index contributed by atoms with van der Waals surface area (Å²) in [6.07, 6.45) is 4.93. The Balaban J connectivity index is 1.98. The van der Waals surface area contributed by atoms with Crippen molar-refractivity contribution >= 4 is 29.4 Å². The van der Waals surface area contributed by atoms with Crippen LogP contribution in [0.4, 0.5) is 22.0 Å². The van der Waals surface area contributed by atoms with Crippen LogP contribution >= 0.6 is 0 Å². The highest BCUT2D eigenvalue weighted by molar-refractivity contribution is 5.94. The van der Waals surface area contributed by atoms with Crippen molar-refractivity contribution in [2.75, 3.05) is 17.7 Å². The molecule has 0 saturated heterocycles. The van der Waals surface area contributed by atoms with Gasteiger partial charge in [-0.2, -0.15) is 0 Å². The molecule has 4 rings (SSSR count). The maximum Gasteiger partial charge on any atom is 0.419 e. The Labute approximate surface area is 173 Å². The van der Waals surface area contributed by atoms with Gasteiger partial charge >= 0.3 is 6.09 Å². The zero-order valence-corrected chi connectivity index (χ0v) is 17.0. The third-order valence-electron chi connectivity index (χ3n) is 5.62. The van der Waals surface area contributed by atoms with E-state index in [2.05, 4.69) is 0 Å². The third kappa shape index (κ3) is 3.10. The molecule has 8 nitrogen and oxygen atoms in total. The lowest BCUT2D eigenvalue weighted by atomic mass is 9.83. The number of carbonyl (C=O) groups excluding carboxylic acids is 1. The lowest BCUT2D eigenvalue weighted by Gasteiger charge is -2.34. The Hall–Kier alpha value is -3.68. The first-order valence-corrected chi connectivity index (χ1v) is 9.62. The summed E-state index contributed by atoms with van der Waals surface area (Å²) >= 11 is 0. The number of nitro benzene ring substituents is 1. The SMILES string of the molecule is COC(=O)N1C(C)=CC(c2cccc([N+](=O)[O-])c2)c2c1nc1c(c2N)CCC(C)=C1. The number of nitrogens with zero attached hydrogens (tertiary/aromatic N) is 3. The number of non-ortho nitro benzene ring substituents is 1. The molecule has 8 heteroatoms. The number of nitro groups is 1. The minimum absolute atomic E-state index is 0.00134. The molecule has 30 heavy (non-hydrogen) atoms. The van der Waals surface area contributed by atoms with Crippen molar-refractivity contribution in [3.8, 4) is 0 Å². The molecule has 0 spiro atoms. The number of aromatic nitrogens is 1. The molecule has 1 amide bonds. The van der Waals surface area contributed by atoms with Crippen LogP contribution in [0, 0.1) is 10.1 Å². The van der Waals surface area contributed by atoms with Crippen molar-refractivity contribution in [3.05, 3.63) is 74.1 Å². The summed E-state index contributed by atoms with van der Waals surface area (Å²) < 4.78 is 4.97. The van der Waals surface area contributed by atoms with E-state index in [9.17, 15) is 14.9 Å². The quantitative estimate of drug-likeness (QED) is 0.579. The molecule has 0 fully saturated rings. The zero-order valence-electron chi connectivity index (χ0n) is 17.0. The normalized spacial score (nSPS) is 17.4. The number of pyridine rings is 1. The number of nitrogen functional groups attached to an aromatic ring is 1. The van der Waals surface area contributed by atoms with Crippen LogP contribution < -0.4 is 10.6 Å². The number of rotatable bonds is 2. The minimum atomic E-state index is -0.564. The van der Waals surface area contributed by atoms with Gasteiger partial charge in [-0.25, -0.2) is 14.7 Å². The Morgan fingerprint density at radius 2 is 2.10 bits per heavy atom. The van der Waals surface area contributed by atoms with Crippen LogP contribution in [0.3, 0.4) is 0 Å². The van der Waals surface area contributed by atoms with Gasteiger partial charge in [0.25, 0.3) is 5.69 Å². The monoisotopic (exact) mass is 406 g/mol. The highest BCUT2D eigenvalue weighted by Gasteiger charge is 2.35. The molecule has 1 aliphatic heterocycles. The molecule has 2 heterocycles. The van der Waals surface area contributed by atoms with Crippen LogP contribution in [0.15, 0.2) is 41.6 Å². The van der Waals surface area contributed by atoms with Crippen LogP contribution in [0.5, 0.6) is 0 Å².